The van der Waals surface area contributed by atoms with Crippen molar-refractivity contribution < 1.29 is 28.8 Å². The third-order valence-corrected chi connectivity index (χ3v) is 8.08. The van der Waals surface area contributed by atoms with Gasteiger partial charge in [-0.3, -0.25) is 14.4 Å². The first-order valence-electron chi connectivity index (χ1n) is 12.5. The van der Waals surface area contributed by atoms with E-state index in [1.807, 2.05) is 50.5 Å². The van der Waals surface area contributed by atoms with Crippen LogP contribution in [0, 0.1) is 18.8 Å². The zero-order valence-corrected chi connectivity index (χ0v) is 22.4. The summed E-state index contributed by atoms with van der Waals surface area (Å²) in [6.07, 6.45) is 0.934. The molecule has 1 aromatic carbocycles. The molecule has 3 heterocycles. The van der Waals surface area contributed by atoms with Crippen LogP contribution in [0.2, 0.25) is 0 Å². The average Bonchev–Trinajstić information content (AvgIpc) is 3.64. The highest BCUT2D eigenvalue weighted by Crippen LogP contribution is 2.39. The Labute approximate surface area is 224 Å². The maximum Gasteiger partial charge on any atom is 0.254 e. The van der Waals surface area contributed by atoms with Gasteiger partial charge in [-0.15, -0.1) is 11.3 Å². The molecule has 10 nitrogen and oxygen atoms in total. The number of rotatable bonds is 11. The van der Waals surface area contributed by atoms with Gasteiger partial charge in [0.05, 0.1) is 22.7 Å². The highest BCUT2D eigenvalue weighted by molar-refractivity contribution is 7.13. The maximum atomic E-state index is 13.8. The Bertz CT molecular complexity index is 1270. The molecule has 3 aromatic rings. The molecule has 0 spiro atoms. The molecule has 4 atom stereocenters. The van der Waals surface area contributed by atoms with E-state index in [1.54, 1.807) is 11.3 Å². The van der Waals surface area contributed by atoms with Crippen molar-refractivity contribution in [2.75, 3.05) is 19.8 Å². The van der Waals surface area contributed by atoms with E-state index in [0.29, 0.717) is 12.7 Å². The molecule has 0 unspecified atom stereocenters. The fraction of sp³-hybridized carbons (Fsp3) is 0.444. The van der Waals surface area contributed by atoms with Crippen LogP contribution in [0.15, 0.2) is 40.4 Å². The van der Waals surface area contributed by atoms with Crippen molar-refractivity contribution in [1.82, 2.24) is 15.0 Å². The highest BCUT2D eigenvalue weighted by atomic mass is 32.1. The van der Waals surface area contributed by atoms with Gasteiger partial charge in [-0.2, -0.15) is 0 Å². The third-order valence-electron chi connectivity index (χ3n) is 7.10. The van der Waals surface area contributed by atoms with E-state index < -0.39 is 17.9 Å². The number of aliphatic hydroxyl groups is 1. The van der Waals surface area contributed by atoms with Crippen molar-refractivity contribution in [3.63, 3.8) is 0 Å². The van der Waals surface area contributed by atoms with Crippen molar-refractivity contribution in [1.29, 1.82) is 0 Å². The molecule has 3 N–H and O–H groups in total. The topological polar surface area (TPSA) is 149 Å². The lowest BCUT2D eigenvalue weighted by molar-refractivity contribution is -0.139. The van der Waals surface area contributed by atoms with Crippen LogP contribution in [0.4, 0.5) is 0 Å². The van der Waals surface area contributed by atoms with E-state index in [-0.39, 0.29) is 55.1 Å². The van der Waals surface area contributed by atoms with Crippen LogP contribution < -0.4 is 10.5 Å². The number of carbonyl (C=O) groups excluding carboxylic acids is 3. The summed E-state index contributed by atoms with van der Waals surface area (Å²) in [4.78, 5) is 43.7. The van der Waals surface area contributed by atoms with Crippen molar-refractivity contribution in [3.8, 4) is 16.3 Å². The monoisotopic (exact) mass is 540 g/mol. The number of aromatic nitrogens is 2. The van der Waals surface area contributed by atoms with Gasteiger partial charge in [0.2, 0.25) is 11.8 Å². The summed E-state index contributed by atoms with van der Waals surface area (Å²) in [5, 5.41) is 14.1. The number of amides is 2. The molecule has 1 aliphatic rings. The molecule has 202 valence electrons. The zero-order valence-electron chi connectivity index (χ0n) is 21.6. The molecule has 0 bridgehead atoms. The number of ether oxygens (including phenoxy) is 1. The number of aldehydes is 1. The summed E-state index contributed by atoms with van der Waals surface area (Å²) < 4.78 is 10.6. The van der Waals surface area contributed by atoms with E-state index in [2.05, 4.69) is 10.1 Å². The van der Waals surface area contributed by atoms with Crippen molar-refractivity contribution in [3.05, 3.63) is 52.9 Å². The molecular formula is C27H32N4O6S. The van der Waals surface area contributed by atoms with E-state index >= 15 is 0 Å². The number of nitrogens with two attached hydrogens (primary N) is 1. The summed E-state index contributed by atoms with van der Waals surface area (Å²) in [6.45, 7) is 5.65. The SMILES string of the molecule is Cc1ncsc1-c1ccc([C@@H](CO)[C@H]2C[C@@H](C(N)=O)N(C(=O)[C@@H](c3cc(OCC=O)no3)C(C)C)C2)cc1. The Balaban J connectivity index is 1.56. The largest absolute Gasteiger partial charge is 0.468 e. The lowest BCUT2D eigenvalue weighted by atomic mass is 9.84. The fourth-order valence-electron chi connectivity index (χ4n) is 5.18. The molecule has 11 heteroatoms. The summed E-state index contributed by atoms with van der Waals surface area (Å²) >= 11 is 1.57. The maximum absolute atomic E-state index is 13.8. The second-order valence-corrected chi connectivity index (χ2v) is 10.7. The normalized spacial score (nSPS) is 18.9. The first kappa shape index (κ1) is 27.5. The van der Waals surface area contributed by atoms with E-state index in [0.717, 1.165) is 21.7 Å². The second kappa shape index (κ2) is 11.9. The number of likely N-dealkylation sites (tertiary alicyclic amines) is 1. The number of nitrogens with zero attached hydrogens (tertiary/aromatic N) is 3. The number of thiazole rings is 1. The molecule has 2 aromatic heterocycles. The summed E-state index contributed by atoms with van der Waals surface area (Å²) in [6, 6.07) is 8.64. The molecule has 38 heavy (non-hydrogen) atoms. The van der Waals surface area contributed by atoms with Crippen molar-refractivity contribution >= 4 is 29.4 Å². The van der Waals surface area contributed by atoms with Gasteiger partial charge in [0.1, 0.15) is 18.6 Å². The number of primary amides is 1. The Morgan fingerprint density at radius 2 is 2.05 bits per heavy atom. The summed E-state index contributed by atoms with van der Waals surface area (Å²) in [5.41, 5.74) is 10.5. The lowest BCUT2D eigenvalue weighted by Gasteiger charge is -2.28. The highest BCUT2D eigenvalue weighted by Gasteiger charge is 2.45. The predicted octanol–water partition coefficient (Wildman–Crippen LogP) is 2.90. The number of hydrogen-bond donors (Lipinski definition) is 2. The number of aryl methyl sites for hydroxylation is 1. The molecule has 0 saturated carbocycles. The van der Waals surface area contributed by atoms with Gasteiger partial charge < -0.3 is 25.0 Å². The summed E-state index contributed by atoms with van der Waals surface area (Å²) in [7, 11) is 0. The minimum atomic E-state index is -0.810. The number of hydrogen-bond acceptors (Lipinski definition) is 9. The Kier molecular flexibility index (Phi) is 8.58. The smallest absolute Gasteiger partial charge is 0.254 e. The van der Waals surface area contributed by atoms with Crippen molar-refractivity contribution in [2.45, 2.75) is 45.1 Å². The molecule has 2 amide bonds. The standard InChI is InChI=1S/C27H32N4O6S/c1-15(2)24(22-11-23(30-37-22)36-9-8-32)27(35)31-12-19(10-21(31)26(28)34)20(13-33)17-4-6-18(7-5-17)25-16(3)29-14-38-25/h4-8,11,14-15,19-21,24,33H,9-10,12-13H2,1-3H3,(H2,28,34)/t19-,20+,21-,24+/m0/s1. The van der Waals surface area contributed by atoms with Gasteiger partial charge in [0.25, 0.3) is 5.88 Å². The van der Waals surface area contributed by atoms with Crippen LogP contribution >= 0.6 is 11.3 Å². The molecule has 1 aliphatic heterocycles. The minimum Gasteiger partial charge on any atom is -0.468 e. The fourth-order valence-corrected chi connectivity index (χ4v) is 5.99. The quantitative estimate of drug-likeness (QED) is 0.353. The molecule has 1 fully saturated rings. The van der Waals surface area contributed by atoms with E-state index in [9.17, 15) is 19.5 Å². The molecular weight excluding hydrogens is 508 g/mol. The van der Waals surface area contributed by atoms with E-state index in [4.69, 9.17) is 15.0 Å². The minimum absolute atomic E-state index is 0.105. The van der Waals surface area contributed by atoms with Crippen LogP contribution in [0.5, 0.6) is 5.88 Å². The Morgan fingerprint density at radius 3 is 2.63 bits per heavy atom. The van der Waals surface area contributed by atoms with Gasteiger partial charge in [0, 0.05) is 18.5 Å². The van der Waals surface area contributed by atoms with Gasteiger partial charge in [-0.25, -0.2) is 4.98 Å². The van der Waals surface area contributed by atoms with Gasteiger partial charge in [0.15, 0.2) is 12.0 Å². The molecule has 0 radical (unpaired) electrons. The number of aliphatic hydroxyl groups excluding tert-OH is 1. The molecule has 1 saturated heterocycles. The first-order chi connectivity index (χ1) is 18.2. The lowest BCUT2D eigenvalue weighted by Crippen LogP contribution is -2.46. The predicted molar refractivity (Wildman–Crippen MR) is 141 cm³/mol. The first-order valence-corrected chi connectivity index (χ1v) is 13.4. The second-order valence-electron chi connectivity index (χ2n) is 9.85. The average molecular weight is 541 g/mol. The Morgan fingerprint density at radius 1 is 1.32 bits per heavy atom. The van der Waals surface area contributed by atoms with Crippen LogP contribution in [0.25, 0.3) is 10.4 Å². The zero-order chi connectivity index (χ0) is 27.4. The van der Waals surface area contributed by atoms with Gasteiger partial charge in [-0.05, 0) is 41.5 Å². The molecule has 0 aliphatic carbocycles. The molecule has 4 rings (SSSR count). The van der Waals surface area contributed by atoms with Gasteiger partial charge >= 0.3 is 0 Å². The summed E-state index contributed by atoms with van der Waals surface area (Å²) in [5.74, 6) is -1.88. The number of benzene rings is 1. The van der Waals surface area contributed by atoms with Gasteiger partial charge in [-0.1, -0.05) is 38.1 Å². The van der Waals surface area contributed by atoms with Crippen LogP contribution in [0.1, 0.15) is 49.1 Å². The van der Waals surface area contributed by atoms with Crippen molar-refractivity contribution in [2.24, 2.45) is 17.6 Å². The van der Waals surface area contributed by atoms with Crippen LogP contribution in [0.3, 0.4) is 0 Å². The van der Waals surface area contributed by atoms with E-state index in [1.165, 1.54) is 11.0 Å². The third kappa shape index (κ3) is 5.63. The Hall–Kier alpha value is -3.57. The van der Waals surface area contributed by atoms with Crippen LogP contribution in [-0.4, -0.2) is 64.0 Å². The number of carbonyl (C=O) groups is 3. The van der Waals surface area contributed by atoms with Crippen LogP contribution in [-0.2, 0) is 14.4 Å².